The molecule has 0 saturated carbocycles. The zero-order valence-electron chi connectivity index (χ0n) is 13.9. The Bertz CT molecular complexity index is 862. The lowest BCUT2D eigenvalue weighted by Crippen LogP contribution is -2.28. The van der Waals surface area contributed by atoms with E-state index in [4.69, 9.17) is 9.47 Å². The topological polar surface area (TPSA) is 73.3 Å². The van der Waals surface area contributed by atoms with E-state index in [9.17, 15) is 4.79 Å². The number of rotatable bonds is 7. The van der Waals surface area contributed by atoms with Crippen LogP contribution in [0.25, 0.3) is 10.9 Å². The number of nitrogens with one attached hydrogen (secondary N) is 1. The van der Waals surface area contributed by atoms with E-state index in [-0.39, 0.29) is 5.91 Å². The molecule has 0 bridgehead atoms. The first-order chi connectivity index (χ1) is 12.3. The first-order valence-electron chi connectivity index (χ1n) is 8.12. The summed E-state index contributed by atoms with van der Waals surface area (Å²) < 4.78 is 11.1. The van der Waals surface area contributed by atoms with Gasteiger partial charge in [0.2, 0.25) is 5.88 Å². The predicted molar refractivity (Wildman–Crippen MR) is 95.0 cm³/mol. The summed E-state index contributed by atoms with van der Waals surface area (Å²) in [5.41, 5.74) is 1.22. The molecular formula is C19H19N3O3. The summed E-state index contributed by atoms with van der Waals surface area (Å²) in [6.45, 7) is 3.01. The van der Waals surface area contributed by atoms with Gasteiger partial charge in [0, 0.05) is 17.8 Å². The smallest absolute Gasteiger partial charge is 0.256 e. The van der Waals surface area contributed by atoms with Crippen molar-refractivity contribution in [2.75, 3.05) is 19.8 Å². The van der Waals surface area contributed by atoms with E-state index in [2.05, 4.69) is 15.3 Å². The molecule has 1 amide bonds. The van der Waals surface area contributed by atoms with Gasteiger partial charge in [0.15, 0.2) is 0 Å². The maximum atomic E-state index is 12.3. The molecule has 2 heterocycles. The third-order valence-electron chi connectivity index (χ3n) is 3.54. The lowest BCUT2D eigenvalue weighted by molar-refractivity contribution is 0.0942. The van der Waals surface area contributed by atoms with Gasteiger partial charge in [0.05, 0.1) is 13.2 Å². The number of pyridine rings is 2. The number of para-hydroxylation sites is 1. The number of fused-ring (bicyclic) bond motifs is 1. The van der Waals surface area contributed by atoms with E-state index in [1.807, 2.05) is 37.3 Å². The number of amides is 1. The van der Waals surface area contributed by atoms with Crippen LogP contribution < -0.4 is 14.8 Å². The van der Waals surface area contributed by atoms with Crippen LogP contribution in [0, 0.1) is 0 Å². The molecule has 0 aliphatic carbocycles. The van der Waals surface area contributed by atoms with E-state index in [1.54, 1.807) is 24.5 Å². The van der Waals surface area contributed by atoms with Gasteiger partial charge in [0.25, 0.3) is 5.91 Å². The third-order valence-corrected chi connectivity index (χ3v) is 3.54. The van der Waals surface area contributed by atoms with Crippen molar-refractivity contribution < 1.29 is 14.3 Å². The van der Waals surface area contributed by atoms with Crippen LogP contribution in [0.5, 0.6) is 11.6 Å². The molecule has 1 N–H and O–H groups in total. The van der Waals surface area contributed by atoms with Crippen LogP contribution in [0.3, 0.4) is 0 Å². The summed E-state index contributed by atoms with van der Waals surface area (Å²) in [7, 11) is 0. The Morgan fingerprint density at radius 2 is 1.84 bits per heavy atom. The van der Waals surface area contributed by atoms with Gasteiger partial charge in [-0.05, 0) is 31.2 Å². The second kappa shape index (κ2) is 8.10. The quantitative estimate of drug-likeness (QED) is 0.671. The number of aromatic nitrogens is 2. The maximum absolute atomic E-state index is 12.3. The van der Waals surface area contributed by atoms with Gasteiger partial charge in [-0.1, -0.05) is 18.2 Å². The van der Waals surface area contributed by atoms with Gasteiger partial charge < -0.3 is 14.8 Å². The van der Waals surface area contributed by atoms with Crippen LogP contribution in [0.1, 0.15) is 17.3 Å². The number of carbonyl (C=O) groups excluding carboxylic acids is 1. The monoisotopic (exact) mass is 337 g/mol. The molecular weight excluding hydrogens is 318 g/mol. The molecule has 6 nitrogen and oxygen atoms in total. The first-order valence-corrected chi connectivity index (χ1v) is 8.12. The fraction of sp³-hybridized carbons (Fsp3) is 0.211. The van der Waals surface area contributed by atoms with Gasteiger partial charge in [-0.25, -0.2) is 4.98 Å². The lowest BCUT2D eigenvalue weighted by Gasteiger charge is -2.11. The average molecular weight is 337 g/mol. The fourth-order valence-electron chi connectivity index (χ4n) is 2.43. The van der Waals surface area contributed by atoms with Crippen molar-refractivity contribution in [3.05, 3.63) is 60.4 Å². The molecule has 0 radical (unpaired) electrons. The van der Waals surface area contributed by atoms with Crippen LogP contribution in [-0.4, -0.2) is 35.6 Å². The van der Waals surface area contributed by atoms with Crippen LogP contribution in [0.15, 0.2) is 54.9 Å². The van der Waals surface area contributed by atoms with Crippen LogP contribution in [0.4, 0.5) is 0 Å². The Hall–Kier alpha value is -3.15. The average Bonchev–Trinajstić information content (AvgIpc) is 2.66. The minimum absolute atomic E-state index is 0.240. The van der Waals surface area contributed by atoms with Gasteiger partial charge in [-0.3, -0.25) is 9.78 Å². The second-order valence-corrected chi connectivity index (χ2v) is 5.22. The van der Waals surface area contributed by atoms with Crippen molar-refractivity contribution in [2.45, 2.75) is 6.92 Å². The Morgan fingerprint density at radius 1 is 1.04 bits per heavy atom. The normalized spacial score (nSPS) is 10.4. The largest absolute Gasteiger partial charge is 0.489 e. The third kappa shape index (κ3) is 4.03. The molecule has 128 valence electrons. The molecule has 0 saturated heterocycles. The SMILES string of the molecule is CCOc1ncccc1C(=O)NCCOc1cccc2cccnc12. The molecule has 0 atom stereocenters. The second-order valence-electron chi connectivity index (χ2n) is 5.22. The molecule has 25 heavy (non-hydrogen) atoms. The summed E-state index contributed by atoms with van der Waals surface area (Å²) in [5.74, 6) is 0.793. The predicted octanol–water partition coefficient (Wildman–Crippen LogP) is 2.84. The van der Waals surface area contributed by atoms with Crippen molar-refractivity contribution in [1.82, 2.24) is 15.3 Å². The van der Waals surface area contributed by atoms with E-state index in [0.717, 1.165) is 10.9 Å². The summed E-state index contributed by atoms with van der Waals surface area (Å²) >= 11 is 0. The number of hydrogen-bond acceptors (Lipinski definition) is 5. The highest BCUT2D eigenvalue weighted by molar-refractivity contribution is 5.96. The van der Waals surface area contributed by atoms with Gasteiger partial charge >= 0.3 is 0 Å². The zero-order chi connectivity index (χ0) is 17.5. The van der Waals surface area contributed by atoms with Crippen molar-refractivity contribution in [1.29, 1.82) is 0 Å². The molecule has 6 heteroatoms. The van der Waals surface area contributed by atoms with E-state index >= 15 is 0 Å². The Labute approximate surface area is 145 Å². The van der Waals surface area contributed by atoms with E-state index < -0.39 is 0 Å². The minimum atomic E-state index is -0.240. The highest BCUT2D eigenvalue weighted by atomic mass is 16.5. The Kier molecular flexibility index (Phi) is 5.41. The molecule has 0 aliphatic rings. The molecule has 3 rings (SSSR count). The Morgan fingerprint density at radius 3 is 2.72 bits per heavy atom. The molecule has 2 aromatic heterocycles. The summed E-state index contributed by atoms with van der Waals surface area (Å²) in [4.78, 5) is 20.7. The fourth-order valence-corrected chi connectivity index (χ4v) is 2.43. The number of hydrogen-bond donors (Lipinski definition) is 1. The maximum Gasteiger partial charge on any atom is 0.256 e. The number of benzene rings is 1. The molecule has 0 spiro atoms. The molecule has 1 aromatic carbocycles. The molecule has 0 unspecified atom stereocenters. The summed E-state index contributed by atoms with van der Waals surface area (Å²) in [6, 6.07) is 13.0. The van der Waals surface area contributed by atoms with Crippen molar-refractivity contribution in [3.8, 4) is 11.6 Å². The molecule has 0 aliphatic heterocycles. The van der Waals surface area contributed by atoms with Crippen LogP contribution in [0.2, 0.25) is 0 Å². The molecule has 0 fully saturated rings. The van der Waals surface area contributed by atoms with Crippen LogP contribution >= 0.6 is 0 Å². The van der Waals surface area contributed by atoms with Crippen molar-refractivity contribution in [3.63, 3.8) is 0 Å². The lowest BCUT2D eigenvalue weighted by atomic mass is 10.2. The summed E-state index contributed by atoms with van der Waals surface area (Å²) in [5, 5.41) is 3.83. The number of ether oxygens (including phenoxy) is 2. The number of nitrogens with zero attached hydrogens (tertiary/aromatic N) is 2. The molecule has 3 aromatic rings. The first kappa shape index (κ1) is 16.7. The standard InChI is InChI=1S/C19H19N3O3/c1-2-24-19-15(8-5-11-22-19)18(23)21-12-13-25-16-9-3-6-14-7-4-10-20-17(14)16/h3-11H,2,12-13H2,1H3,(H,21,23). The highest BCUT2D eigenvalue weighted by Crippen LogP contribution is 2.22. The van der Waals surface area contributed by atoms with Crippen molar-refractivity contribution in [2.24, 2.45) is 0 Å². The van der Waals surface area contributed by atoms with Gasteiger partial charge in [-0.2, -0.15) is 0 Å². The minimum Gasteiger partial charge on any atom is -0.489 e. The highest BCUT2D eigenvalue weighted by Gasteiger charge is 2.12. The number of carbonyl (C=O) groups is 1. The van der Waals surface area contributed by atoms with E-state index in [1.165, 1.54) is 0 Å². The van der Waals surface area contributed by atoms with E-state index in [0.29, 0.717) is 37.0 Å². The summed E-state index contributed by atoms with van der Waals surface area (Å²) in [6.07, 6.45) is 3.33. The van der Waals surface area contributed by atoms with Crippen molar-refractivity contribution >= 4 is 16.8 Å². The van der Waals surface area contributed by atoms with Crippen LogP contribution in [-0.2, 0) is 0 Å². The van der Waals surface area contributed by atoms with Gasteiger partial charge in [-0.15, -0.1) is 0 Å². The van der Waals surface area contributed by atoms with Gasteiger partial charge in [0.1, 0.15) is 23.4 Å². The zero-order valence-corrected chi connectivity index (χ0v) is 13.9. The Balaban J connectivity index is 1.57.